The highest BCUT2D eigenvalue weighted by Crippen LogP contribution is 2.10. The van der Waals surface area contributed by atoms with Crippen molar-refractivity contribution in [1.29, 1.82) is 0 Å². The van der Waals surface area contributed by atoms with Crippen molar-refractivity contribution in [1.82, 2.24) is 10.6 Å². The van der Waals surface area contributed by atoms with E-state index in [1.165, 1.54) is 24.3 Å². The number of nitrogens with one attached hydrogen (secondary N) is 2. The van der Waals surface area contributed by atoms with Crippen LogP contribution < -0.4 is 15.8 Å². The van der Waals surface area contributed by atoms with Gasteiger partial charge in [0.1, 0.15) is 6.04 Å². The molecule has 1 aromatic carbocycles. The van der Waals surface area contributed by atoms with E-state index in [0.29, 0.717) is 6.42 Å². The summed E-state index contributed by atoms with van der Waals surface area (Å²) in [5.74, 6) is -1.96. The molecule has 0 aliphatic carbocycles. The highest BCUT2D eigenvalue weighted by Gasteiger charge is 2.22. The van der Waals surface area contributed by atoms with Gasteiger partial charge in [0, 0.05) is 12.1 Å². The van der Waals surface area contributed by atoms with E-state index in [2.05, 4.69) is 10.6 Å². The zero-order valence-corrected chi connectivity index (χ0v) is 15.4. The number of amides is 2. The molecular formula is C16H23N3O6S. The maximum absolute atomic E-state index is 12.3. The van der Waals surface area contributed by atoms with Crippen LogP contribution in [0, 0.1) is 5.92 Å². The lowest BCUT2D eigenvalue weighted by molar-refractivity contribution is -0.137. The van der Waals surface area contributed by atoms with Gasteiger partial charge in [0.05, 0.1) is 11.3 Å². The Bertz CT molecular complexity index is 759. The lowest BCUT2D eigenvalue weighted by Crippen LogP contribution is -2.47. The Hall–Kier alpha value is -2.46. The third kappa shape index (κ3) is 7.19. The molecule has 2 amide bonds. The molecule has 9 nitrogen and oxygen atoms in total. The number of aliphatic carboxylic acids is 1. The zero-order valence-electron chi connectivity index (χ0n) is 14.6. The molecule has 5 N–H and O–H groups in total. The van der Waals surface area contributed by atoms with Gasteiger partial charge in [-0.3, -0.25) is 14.4 Å². The number of sulfonamides is 1. The Balaban J connectivity index is 2.81. The Morgan fingerprint density at radius 3 is 2.19 bits per heavy atom. The summed E-state index contributed by atoms with van der Waals surface area (Å²) >= 11 is 0. The van der Waals surface area contributed by atoms with Crippen molar-refractivity contribution in [2.75, 3.05) is 6.54 Å². The molecule has 0 unspecified atom stereocenters. The second kappa shape index (κ2) is 9.30. The van der Waals surface area contributed by atoms with E-state index in [-0.39, 0.29) is 29.3 Å². The lowest BCUT2D eigenvalue weighted by Gasteiger charge is -2.20. The Morgan fingerprint density at radius 2 is 1.73 bits per heavy atom. The van der Waals surface area contributed by atoms with Crippen LogP contribution in [0.2, 0.25) is 0 Å². The number of hydrogen-bond acceptors (Lipinski definition) is 5. The van der Waals surface area contributed by atoms with Crippen LogP contribution in [0.5, 0.6) is 0 Å². The molecule has 0 aliphatic heterocycles. The van der Waals surface area contributed by atoms with Gasteiger partial charge in [-0.2, -0.15) is 0 Å². The Morgan fingerprint density at radius 1 is 1.15 bits per heavy atom. The first-order valence-electron chi connectivity index (χ1n) is 7.94. The van der Waals surface area contributed by atoms with Crippen LogP contribution in [0.1, 0.15) is 37.0 Å². The molecule has 0 saturated heterocycles. The minimum Gasteiger partial charge on any atom is -0.481 e. The van der Waals surface area contributed by atoms with Crippen molar-refractivity contribution in [3.05, 3.63) is 29.8 Å². The van der Waals surface area contributed by atoms with E-state index in [4.69, 9.17) is 10.2 Å². The summed E-state index contributed by atoms with van der Waals surface area (Å²) in [7, 11) is -3.86. The number of carboxylic acids is 1. The fourth-order valence-electron chi connectivity index (χ4n) is 2.16. The normalized spacial score (nSPS) is 12.5. The first-order valence-corrected chi connectivity index (χ1v) is 9.48. The average Bonchev–Trinajstić information content (AvgIpc) is 2.52. The van der Waals surface area contributed by atoms with Crippen LogP contribution in [-0.2, 0) is 19.6 Å². The summed E-state index contributed by atoms with van der Waals surface area (Å²) in [5, 5.41) is 18.7. The van der Waals surface area contributed by atoms with Gasteiger partial charge in [0.25, 0.3) is 5.91 Å². The number of carbonyl (C=O) groups is 3. The molecule has 0 bridgehead atoms. The van der Waals surface area contributed by atoms with Crippen LogP contribution in [0.3, 0.4) is 0 Å². The predicted octanol–water partition coefficient (Wildman–Crippen LogP) is 0.0694. The van der Waals surface area contributed by atoms with Crippen LogP contribution in [-0.4, -0.2) is 43.9 Å². The molecule has 0 saturated carbocycles. The Kier molecular flexibility index (Phi) is 7.72. The first kappa shape index (κ1) is 21.6. The Labute approximate surface area is 152 Å². The molecule has 0 radical (unpaired) electrons. The largest absolute Gasteiger partial charge is 0.481 e. The molecule has 0 aliphatic rings. The van der Waals surface area contributed by atoms with Crippen molar-refractivity contribution >= 4 is 27.8 Å². The first-order chi connectivity index (χ1) is 12.0. The highest BCUT2D eigenvalue weighted by molar-refractivity contribution is 7.89. The fourth-order valence-corrected chi connectivity index (χ4v) is 2.67. The summed E-state index contributed by atoms with van der Waals surface area (Å²) < 4.78 is 22.5. The highest BCUT2D eigenvalue weighted by atomic mass is 32.2. The van der Waals surface area contributed by atoms with E-state index >= 15 is 0 Å². The van der Waals surface area contributed by atoms with E-state index in [1.807, 2.05) is 13.8 Å². The van der Waals surface area contributed by atoms with Crippen LogP contribution in [0.25, 0.3) is 0 Å². The number of primary sulfonamides is 1. The SMILES string of the molecule is CC(C)C[C@H](NC(=O)c1ccc(S(N)(=O)=O)cc1)C(=O)NCCC(=O)O. The molecule has 0 spiro atoms. The van der Waals surface area contributed by atoms with Gasteiger partial charge in [-0.1, -0.05) is 13.8 Å². The molecule has 26 heavy (non-hydrogen) atoms. The second-order valence-corrected chi connectivity index (χ2v) is 7.72. The molecule has 1 rings (SSSR count). The summed E-state index contributed by atoms with van der Waals surface area (Å²) in [6, 6.07) is 4.16. The van der Waals surface area contributed by atoms with E-state index in [9.17, 15) is 22.8 Å². The zero-order chi connectivity index (χ0) is 19.9. The van der Waals surface area contributed by atoms with Gasteiger partial charge < -0.3 is 15.7 Å². The molecule has 10 heteroatoms. The second-order valence-electron chi connectivity index (χ2n) is 6.16. The topological polar surface area (TPSA) is 156 Å². The molecule has 144 valence electrons. The van der Waals surface area contributed by atoms with E-state index < -0.39 is 33.8 Å². The van der Waals surface area contributed by atoms with Gasteiger partial charge >= 0.3 is 5.97 Å². The van der Waals surface area contributed by atoms with Crippen molar-refractivity contribution in [3.63, 3.8) is 0 Å². The van der Waals surface area contributed by atoms with Crippen LogP contribution in [0.4, 0.5) is 0 Å². The molecule has 0 heterocycles. The van der Waals surface area contributed by atoms with Gasteiger partial charge in [-0.15, -0.1) is 0 Å². The maximum Gasteiger partial charge on any atom is 0.305 e. The summed E-state index contributed by atoms with van der Waals surface area (Å²) in [5.41, 5.74) is 0.171. The minimum atomic E-state index is -3.86. The van der Waals surface area contributed by atoms with Crippen molar-refractivity contribution in [3.8, 4) is 0 Å². The summed E-state index contributed by atoms with van der Waals surface area (Å²) in [4.78, 5) is 34.9. The predicted molar refractivity (Wildman–Crippen MR) is 93.8 cm³/mol. The van der Waals surface area contributed by atoms with Gasteiger partial charge in [0.2, 0.25) is 15.9 Å². The average molecular weight is 385 g/mol. The number of benzene rings is 1. The van der Waals surface area contributed by atoms with Gasteiger partial charge in [-0.05, 0) is 36.6 Å². The number of nitrogens with two attached hydrogens (primary N) is 1. The minimum absolute atomic E-state index is 0.0400. The summed E-state index contributed by atoms with van der Waals surface area (Å²) in [6.07, 6.45) is 0.142. The number of rotatable bonds is 9. The third-order valence-corrected chi connectivity index (χ3v) is 4.34. The fraction of sp³-hybridized carbons (Fsp3) is 0.438. The van der Waals surface area contributed by atoms with E-state index in [0.717, 1.165) is 0 Å². The quantitative estimate of drug-likeness (QED) is 0.471. The van der Waals surface area contributed by atoms with Crippen LogP contribution in [0.15, 0.2) is 29.2 Å². The standard InChI is InChI=1S/C16H23N3O6S/c1-10(2)9-13(16(23)18-8-7-14(20)21)19-15(22)11-3-5-12(6-4-11)26(17,24)25/h3-6,10,13H,7-9H2,1-2H3,(H,18,23)(H,19,22)(H,20,21)(H2,17,24,25)/t13-/m0/s1. The van der Waals surface area contributed by atoms with Crippen molar-refractivity contribution in [2.24, 2.45) is 11.1 Å². The number of carbonyl (C=O) groups excluding carboxylic acids is 2. The molecule has 0 fully saturated rings. The lowest BCUT2D eigenvalue weighted by atomic mass is 10.0. The summed E-state index contributed by atoms with van der Waals surface area (Å²) in [6.45, 7) is 3.72. The third-order valence-electron chi connectivity index (χ3n) is 3.41. The van der Waals surface area contributed by atoms with E-state index in [1.54, 1.807) is 0 Å². The van der Waals surface area contributed by atoms with Crippen LogP contribution >= 0.6 is 0 Å². The number of carboxylic acid groups (broad SMARTS) is 1. The maximum atomic E-state index is 12.3. The van der Waals surface area contributed by atoms with Crippen molar-refractivity contribution < 1.29 is 27.9 Å². The van der Waals surface area contributed by atoms with Crippen molar-refractivity contribution in [2.45, 2.75) is 37.6 Å². The smallest absolute Gasteiger partial charge is 0.305 e. The van der Waals surface area contributed by atoms with Gasteiger partial charge in [-0.25, -0.2) is 13.6 Å². The molecular weight excluding hydrogens is 362 g/mol. The molecule has 1 aromatic rings. The monoisotopic (exact) mass is 385 g/mol. The number of hydrogen-bond donors (Lipinski definition) is 4. The molecule has 1 atom stereocenters. The molecule has 0 aromatic heterocycles. The van der Waals surface area contributed by atoms with Gasteiger partial charge in [0.15, 0.2) is 0 Å².